The molecular formula is C19H15BrClF3N2O3S. The van der Waals surface area contributed by atoms with E-state index >= 15 is 0 Å². The summed E-state index contributed by atoms with van der Waals surface area (Å²) in [6.45, 7) is 0.355. The number of benzene rings is 2. The lowest BCUT2D eigenvalue weighted by Gasteiger charge is -2.21. The molecule has 30 heavy (non-hydrogen) atoms. The summed E-state index contributed by atoms with van der Waals surface area (Å²) in [4.78, 5) is 13.9. The van der Waals surface area contributed by atoms with Crippen molar-refractivity contribution in [2.75, 3.05) is 16.2 Å². The van der Waals surface area contributed by atoms with E-state index < -0.39 is 27.5 Å². The summed E-state index contributed by atoms with van der Waals surface area (Å²) in [5, 5.41) is -0.177. The number of amides is 1. The highest BCUT2D eigenvalue weighted by molar-refractivity contribution is 9.10. The molecule has 4 rings (SSSR count). The van der Waals surface area contributed by atoms with Gasteiger partial charge >= 0.3 is 6.18 Å². The Labute approximate surface area is 184 Å². The highest BCUT2D eigenvalue weighted by Crippen LogP contribution is 2.42. The topological polar surface area (TPSA) is 66.5 Å². The maximum Gasteiger partial charge on any atom is 0.416 e. The van der Waals surface area contributed by atoms with Gasteiger partial charge in [0.2, 0.25) is 5.91 Å². The molecule has 160 valence electrons. The predicted molar refractivity (Wildman–Crippen MR) is 110 cm³/mol. The van der Waals surface area contributed by atoms with Crippen LogP contribution in [-0.4, -0.2) is 20.9 Å². The summed E-state index contributed by atoms with van der Waals surface area (Å²) in [7, 11) is -4.34. The van der Waals surface area contributed by atoms with Gasteiger partial charge in [0.15, 0.2) is 0 Å². The van der Waals surface area contributed by atoms with Crippen LogP contribution in [0.1, 0.15) is 24.0 Å². The molecule has 0 bridgehead atoms. The molecule has 2 aromatic rings. The van der Waals surface area contributed by atoms with Crippen LogP contribution >= 0.6 is 27.5 Å². The SMILES string of the molecule is O=C(C1CC1)N1CCc2cc(Br)cc(S(=O)(=O)Nc3cc(C(F)(F)F)ccc3Cl)c21. The summed E-state index contributed by atoms with van der Waals surface area (Å²) in [6.07, 6.45) is -2.64. The Morgan fingerprint density at radius 1 is 1.20 bits per heavy atom. The van der Waals surface area contributed by atoms with Crippen molar-refractivity contribution in [3.63, 3.8) is 0 Å². The van der Waals surface area contributed by atoms with E-state index in [0.29, 0.717) is 29.1 Å². The fourth-order valence-electron chi connectivity index (χ4n) is 3.42. The van der Waals surface area contributed by atoms with Crippen molar-refractivity contribution in [2.24, 2.45) is 5.92 Å². The van der Waals surface area contributed by atoms with Crippen molar-refractivity contribution < 1.29 is 26.4 Å². The number of rotatable bonds is 4. The van der Waals surface area contributed by atoms with Gasteiger partial charge in [-0.1, -0.05) is 27.5 Å². The zero-order valence-electron chi connectivity index (χ0n) is 15.3. The molecule has 0 saturated heterocycles. The molecule has 1 aliphatic carbocycles. The van der Waals surface area contributed by atoms with Crippen molar-refractivity contribution in [2.45, 2.75) is 30.3 Å². The number of nitrogens with one attached hydrogen (secondary N) is 1. The normalized spacial score (nSPS) is 16.5. The molecule has 0 aromatic heterocycles. The summed E-state index contributed by atoms with van der Waals surface area (Å²) in [5.74, 6) is -0.245. The first-order valence-electron chi connectivity index (χ1n) is 9.01. The molecule has 11 heteroatoms. The van der Waals surface area contributed by atoms with E-state index in [4.69, 9.17) is 11.6 Å². The van der Waals surface area contributed by atoms with Crippen molar-refractivity contribution in [1.82, 2.24) is 0 Å². The Morgan fingerprint density at radius 3 is 2.53 bits per heavy atom. The lowest BCUT2D eigenvalue weighted by atomic mass is 10.2. The molecule has 2 aromatic carbocycles. The third-order valence-electron chi connectivity index (χ3n) is 5.01. The summed E-state index contributed by atoms with van der Waals surface area (Å²) in [6, 6.07) is 5.47. The number of alkyl halides is 3. The zero-order chi connectivity index (χ0) is 21.8. The van der Waals surface area contributed by atoms with Gasteiger partial charge in [-0.3, -0.25) is 9.52 Å². The smallest absolute Gasteiger partial charge is 0.310 e. The number of anilines is 2. The van der Waals surface area contributed by atoms with E-state index in [1.54, 1.807) is 6.07 Å². The van der Waals surface area contributed by atoms with Gasteiger partial charge in [0.25, 0.3) is 10.0 Å². The lowest BCUT2D eigenvalue weighted by Crippen LogP contribution is -2.31. The third kappa shape index (κ3) is 4.04. The molecule has 0 unspecified atom stereocenters. The minimum Gasteiger partial charge on any atom is -0.310 e. The van der Waals surface area contributed by atoms with Crippen molar-refractivity contribution in [3.05, 3.63) is 51.0 Å². The van der Waals surface area contributed by atoms with Crippen LogP contribution in [0.15, 0.2) is 39.7 Å². The maximum atomic E-state index is 13.2. The lowest BCUT2D eigenvalue weighted by molar-refractivity contribution is -0.137. The molecule has 2 aliphatic rings. The predicted octanol–water partition coefficient (Wildman–Crippen LogP) is 5.22. The number of halogens is 5. The van der Waals surface area contributed by atoms with Crippen LogP contribution in [0.3, 0.4) is 0 Å². The number of carbonyl (C=O) groups excluding carboxylic acids is 1. The Morgan fingerprint density at radius 2 is 1.90 bits per heavy atom. The third-order valence-corrected chi connectivity index (χ3v) is 7.18. The van der Waals surface area contributed by atoms with Crippen LogP contribution in [0.2, 0.25) is 5.02 Å². The van der Waals surface area contributed by atoms with Crippen LogP contribution in [0.4, 0.5) is 24.5 Å². The Balaban J connectivity index is 1.77. The van der Waals surface area contributed by atoms with Crippen molar-refractivity contribution in [1.29, 1.82) is 0 Å². The van der Waals surface area contributed by atoms with E-state index in [1.165, 1.54) is 11.0 Å². The van der Waals surface area contributed by atoms with Crippen molar-refractivity contribution >= 4 is 54.8 Å². The average molecular weight is 524 g/mol. The van der Waals surface area contributed by atoms with E-state index in [2.05, 4.69) is 20.7 Å². The second-order valence-electron chi connectivity index (χ2n) is 7.22. The minimum atomic E-state index is -4.66. The quantitative estimate of drug-likeness (QED) is 0.597. The number of sulfonamides is 1. The van der Waals surface area contributed by atoms with E-state index in [0.717, 1.165) is 25.0 Å². The minimum absolute atomic E-state index is 0.110. The monoisotopic (exact) mass is 522 g/mol. The highest BCUT2D eigenvalue weighted by atomic mass is 79.9. The number of hydrogen-bond acceptors (Lipinski definition) is 3. The summed E-state index contributed by atoms with van der Waals surface area (Å²) < 4.78 is 68.1. The molecular weight excluding hydrogens is 509 g/mol. The average Bonchev–Trinajstić information content (AvgIpc) is 3.41. The molecule has 1 fully saturated rings. The van der Waals surface area contributed by atoms with Gasteiger partial charge in [-0.25, -0.2) is 8.42 Å². The fraction of sp³-hybridized carbons (Fsp3) is 0.316. The number of carbonyl (C=O) groups is 1. The van der Waals surface area contributed by atoms with Crippen LogP contribution in [0.25, 0.3) is 0 Å². The molecule has 5 nitrogen and oxygen atoms in total. The number of hydrogen-bond donors (Lipinski definition) is 1. The van der Waals surface area contributed by atoms with Gasteiger partial charge < -0.3 is 4.90 Å². The van der Waals surface area contributed by atoms with Gasteiger partial charge in [0.05, 0.1) is 22.0 Å². The van der Waals surface area contributed by atoms with Gasteiger partial charge in [0.1, 0.15) is 4.90 Å². The molecule has 1 N–H and O–H groups in total. The fourth-order valence-corrected chi connectivity index (χ4v) is 5.65. The van der Waals surface area contributed by atoms with E-state index in [9.17, 15) is 26.4 Å². The van der Waals surface area contributed by atoms with Gasteiger partial charge in [-0.05, 0) is 55.2 Å². The van der Waals surface area contributed by atoms with Crippen LogP contribution in [-0.2, 0) is 27.4 Å². The maximum absolute atomic E-state index is 13.2. The molecule has 1 saturated carbocycles. The highest BCUT2D eigenvalue weighted by Gasteiger charge is 2.39. The first-order chi connectivity index (χ1) is 14.0. The number of fused-ring (bicyclic) bond motifs is 1. The van der Waals surface area contributed by atoms with Crippen LogP contribution < -0.4 is 9.62 Å². The Kier molecular flexibility index (Phi) is 5.31. The molecule has 1 heterocycles. The van der Waals surface area contributed by atoms with Crippen molar-refractivity contribution in [3.8, 4) is 0 Å². The standard InChI is InChI=1S/C19H15BrClF3N2O3S/c20-13-7-11-5-6-26(18(27)10-1-2-10)17(11)16(9-13)30(28,29)25-15-8-12(19(22,23)24)3-4-14(15)21/h3-4,7-10,25H,1-2,5-6H2. The van der Waals surface area contributed by atoms with Crippen LogP contribution in [0, 0.1) is 5.92 Å². The summed E-state index contributed by atoms with van der Waals surface area (Å²) >= 11 is 9.22. The van der Waals surface area contributed by atoms with Crippen LogP contribution in [0.5, 0.6) is 0 Å². The second kappa shape index (κ2) is 7.42. The number of nitrogens with zero attached hydrogens (tertiary/aromatic N) is 1. The zero-order valence-corrected chi connectivity index (χ0v) is 18.4. The Bertz CT molecular complexity index is 1150. The largest absolute Gasteiger partial charge is 0.416 e. The van der Waals surface area contributed by atoms with E-state index in [1.807, 2.05) is 0 Å². The first kappa shape index (κ1) is 21.5. The summed E-state index contributed by atoms with van der Waals surface area (Å²) in [5.41, 5.74) is -0.479. The molecule has 1 amide bonds. The second-order valence-corrected chi connectivity index (χ2v) is 10.2. The van der Waals surface area contributed by atoms with E-state index in [-0.39, 0.29) is 27.4 Å². The van der Waals surface area contributed by atoms with Gasteiger partial charge in [-0.15, -0.1) is 0 Å². The molecule has 0 atom stereocenters. The van der Waals surface area contributed by atoms with Gasteiger partial charge in [0, 0.05) is 16.9 Å². The van der Waals surface area contributed by atoms with Gasteiger partial charge in [-0.2, -0.15) is 13.2 Å². The first-order valence-corrected chi connectivity index (χ1v) is 11.7. The molecule has 1 aliphatic heterocycles. The Hall–Kier alpha value is -1.78. The molecule has 0 radical (unpaired) electrons. The molecule has 0 spiro atoms.